The van der Waals surface area contributed by atoms with E-state index in [2.05, 4.69) is 0 Å². The lowest BCUT2D eigenvalue weighted by molar-refractivity contribution is 0.280. The van der Waals surface area contributed by atoms with E-state index in [4.69, 9.17) is 11.6 Å². The van der Waals surface area contributed by atoms with E-state index in [1.165, 1.54) is 23.2 Å². The lowest BCUT2D eigenvalue weighted by Crippen LogP contribution is -2.40. The molecule has 0 spiro atoms. The average molecular weight is 348 g/mol. The van der Waals surface area contributed by atoms with Gasteiger partial charge in [0.15, 0.2) is 0 Å². The van der Waals surface area contributed by atoms with Crippen LogP contribution in [0.25, 0.3) is 16.7 Å². The van der Waals surface area contributed by atoms with Gasteiger partial charge in [0, 0.05) is 14.1 Å². The maximum absolute atomic E-state index is 12.8. The molecule has 1 aromatic carbocycles. The van der Waals surface area contributed by atoms with Crippen LogP contribution in [0.4, 0.5) is 0 Å². The third kappa shape index (κ3) is 2.13. The molecule has 0 bridgehead atoms. The highest BCUT2D eigenvalue weighted by molar-refractivity contribution is 6.35. The van der Waals surface area contributed by atoms with Crippen LogP contribution in [0.1, 0.15) is 5.56 Å². The Morgan fingerprint density at radius 1 is 1.00 bits per heavy atom. The van der Waals surface area contributed by atoms with E-state index in [9.17, 15) is 19.5 Å². The Morgan fingerprint density at radius 3 is 2.21 bits per heavy atom. The van der Waals surface area contributed by atoms with Gasteiger partial charge in [0.05, 0.1) is 22.9 Å². The maximum atomic E-state index is 12.8. The number of nitrogens with zero attached hydrogens (tertiary/aromatic N) is 3. The molecule has 2 heterocycles. The SMILES string of the molecule is Cn1c(=O)c2c(Cl)c(CO)c(=O)n(-c3ccccc3)c2n(C)c1=O. The summed E-state index contributed by atoms with van der Waals surface area (Å²) in [5.41, 5.74) is -1.33. The number of pyridine rings is 1. The molecule has 0 saturated heterocycles. The quantitative estimate of drug-likeness (QED) is 0.733. The lowest BCUT2D eigenvalue weighted by Gasteiger charge is -2.17. The normalized spacial score (nSPS) is 11.2. The van der Waals surface area contributed by atoms with Crippen LogP contribution in [0.2, 0.25) is 5.02 Å². The first-order valence-electron chi connectivity index (χ1n) is 7.09. The molecule has 3 aromatic rings. The smallest absolute Gasteiger partial charge is 0.332 e. The molecular weight excluding hydrogens is 334 g/mol. The van der Waals surface area contributed by atoms with Crippen LogP contribution < -0.4 is 16.8 Å². The largest absolute Gasteiger partial charge is 0.391 e. The molecule has 2 aromatic heterocycles. The Balaban J connectivity index is 2.74. The molecular formula is C16H14ClN3O4. The number of para-hydroxylation sites is 1. The number of hydrogen-bond donors (Lipinski definition) is 1. The zero-order valence-electron chi connectivity index (χ0n) is 13.0. The minimum Gasteiger partial charge on any atom is -0.391 e. The number of aryl methyl sites for hydroxylation is 1. The molecule has 0 fully saturated rings. The van der Waals surface area contributed by atoms with Crippen molar-refractivity contribution >= 4 is 22.6 Å². The van der Waals surface area contributed by atoms with E-state index in [1.54, 1.807) is 30.3 Å². The van der Waals surface area contributed by atoms with Crippen LogP contribution >= 0.6 is 11.6 Å². The second-order valence-electron chi connectivity index (χ2n) is 5.33. The first-order chi connectivity index (χ1) is 11.4. The van der Waals surface area contributed by atoms with E-state index < -0.39 is 23.4 Å². The molecule has 0 atom stereocenters. The summed E-state index contributed by atoms with van der Waals surface area (Å²) in [6, 6.07) is 8.55. The van der Waals surface area contributed by atoms with Gasteiger partial charge in [-0.1, -0.05) is 29.8 Å². The molecule has 0 radical (unpaired) electrons. The zero-order valence-corrected chi connectivity index (χ0v) is 13.7. The third-order valence-electron chi connectivity index (χ3n) is 3.96. The van der Waals surface area contributed by atoms with Crippen LogP contribution in [0.3, 0.4) is 0 Å². The summed E-state index contributed by atoms with van der Waals surface area (Å²) in [4.78, 5) is 37.6. The molecule has 0 saturated carbocycles. The van der Waals surface area contributed by atoms with Crippen molar-refractivity contribution in [2.45, 2.75) is 6.61 Å². The molecule has 8 heteroatoms. The minimum atomic E-state index is -0.627. The maximum Gasteiger partial charge on any atom is 0.332 e. The lowest BCUT2D eigenvalue weighted by atomic mass is 10.2. The highest BCUT2D eigenvalue weighted by Crippen LogP contribution is 2.23. The van der Waals surface area contributed by atoms with Gasteiger partial charge in [-0.05, 0) is 12.1 Å². The van der Waals surface area contributed by atoms with Gasteiger partial charge in [0.1, 0.15) is 11.0 Å². The Labute approximate surface area is 140 Å². The van der Waals surface area contributed by atoms with Gasteiger partial charge < -0.3 is 5.11 Å². The molecule has 1 N–H and O–H groups in total. The summed E-state index contributed by atoms with van der Waals surface area (Å²) in [6.07, 6.45) is 0. The fourth-order valence-corrected chi connectivity index (χ4v) is 3.02. The monoisotopic (exact) mass is 347 g/mol. The van der Waals surface area contributed by atoms with Gasteiger partial charge >= 0.3 is 5.69 Å². The van der Waals surface area contributed by atoms with Gasteiger partial charge in [0.2, 0.25) is 0 Å². The van der Waals surface area contributed by atoms with E-state index in [-0.39, 0.29) is 21.6 Å². The van der Waals surface area contributed by atoms with Crippen molar-refractivity contribution in [3.63, 3.8) is 0 Å². The summed E-state index contributed by atoms with van der Waals surface area (Å²) in [7, 11) is 2.79. The van der Waals surface area contributed by atoms with E-state index in [1.807, 2.05) is 0 Å². The summed E-state index contributed by atoms with van der Waals surface area (Å²) in [5.74, 6) is 0. The number of hydrogen-bond acceptors (Lipinski definition) is 4. The summed E-state index contributed by atoms with van der Waals surface area (Å²) < 4.78 is 3.32. The van der Waals surface area contributed by atoms with Gasteiger partial charge in [-0.25, -0.2) is 4.79 Å². The van der Waals surface area contributed by atoms with Crippen molar-refractivity contribution < 1.29 is 5.11 Å². The zero-order chi connectivity index (χ0) is 17.6. The summed E-state index contributed by atoms with van der Waals surface area (Å²) >= 11 is 6.21. The molecule has 0 unspecified atom stereocenters. The third-order valence-corrected chi connectivity index (χ3v) is 4.38. The standard InChI is InChI=1S/C16H14ClN3O4/c1-18-13-11(15(23)19(2)16(18)24)12(17)10(8-21)14(22)20(13)9-6-4-3-5-7-9/h3-7,21H,8H2,1-2H3. The molecule has 7 nitrogen and oxygen atoms in total. The van der Waals surface area contributed by atoms with Crippen LogP contribution in [0.5, 0.6) is 0 Å². The molecule has 0 aliphatic rings. The van der Waals surface area contributed by atoms with Crippen molar-refractivity contribution in [3.8, 4) is 5.69 Å². The van der Waals surface area contributed by atoms with Crippen LogP contribution in [0.15, 0.2) is 44.7 Å². The summed E-state index contributed by atoms with van der Waals surface area (Å²) in [5, 5.41) is 9.41. The van der Waals surface area contributed by atoms with Crippen LogP contribution in [-0.4, -0.2) is 18.8 Å². The number of fused-ring (bicyclic) bond motifs is 1. The molecule has 3 rings (SSSR count). The molecule has 0 amide bonds. The van der Waals surface area contributed by atoms with Crippen molar-refractivity contribution in [1.82, 2.24) is 13.7 Å². The summed E-state index contributed by atoms with van der Waals surface area (Å²) in [6.45, 7) is -0.619. The van der Waals surface area contributed by atoms with Crippen molar-refractivity contribution in [2.24, 2.45) is 14.1 Å². The van der Waals surface area contributed by atoms with Crippen molar-refractivity contribution in [1.29, 1.82) is 0 Å². The molecule has 24 heavy (non-hydrogen) atoms. The number of rotatable bonds is 2. The van der Waals surface area contributed by atoms with Crippen LogP contribution in [-0.2, 0) is 20.7 Å². The average Bonchev–Trinajstić information content (AvgIpc) is 2.59. The molecule has 0 aliphatic carbocycles. The Hall–Kier alpha value is -2.64. The second-order valence-corrected chi connectivity index (χ2v) is 5.71. The Morgan fingerprint density at radius 2 is 1.62 bits per heavy atom. The number of aliphatic hydroxyl groups is 1. The Bertz CT molecular complexity index is 1130. The number of aromatic nitrogens is 3. The predicted molar refractivity (Wildman–Crippen MR) is 91.0 cm³/mol. The minimum absolute atomic E-state index is 0.00812. The van der Waals surface area contributed by atoms with Gasteiger partial charge in [-0.3, -0.25) is 23.3 Å². The van der Waals surface area contributed by atoms with Crippen molar-refractivity contribution in [3.05, 3.63) is 72.1 Å². The number of benzene rings is 1. The van der Waals surface area contributed by atoms with Crippen LogP contribution in [0, 0.1) is 0 Å². The fourth-order valence-electron chi connectivity index (χ4n) is 2.72. The highest BCUT2D eigenvalue weighted by Gasteiger charge is 2.22. The number of halogens is 1. The van der Waals surface area contributed by atoms with Gasteiger partial charge in [-0.2, -0.15) is 0 Å². The van der Waals surface area contributed by atoms with E-state index in [0.717, 1.165) is 4.57 Å². The molecule has 124 valence electrons. The van der Waals surface area contributed by atoms with Gasteiger partial charge in [-0.15, -0.1) is 0 Å². The predicted octanol–water partition coefficient (Wildman–Crippen LogP) is 0.534. The van der Waals surface area contributed by atoms with Crippen molar-refractivity contribution in [2.75, 3.05) is 0 Å². The first kappa shape index (κ1) is 16.2. The molecule has 0 aliphatic heterocycles. The number of aliphatic hydroxyl groups excluding tert-OH is 1. The fraction of sp³-hybridized carbons (Fsp3) is 0.188. The van der Waals surface area contributed by atoms with E-state index in [0.29, 0.717) is 5.69 Å². The first-order valence-corrected chi connectivity index (χ1v) is 7.47. The van der Waals surface area contributed by atoms with E-state index >= 15 is 0 Å². The topological polar surface area (TPSA) is 86.2 Å². The Kier molecular flexibility index (Phi) is 3.90. The second kappa shape index (κ2) is 5.77. The van der Waals surface area contributed by atoms with Gasteiger partial charge in [0.25, 0.3) is 11.1 Å². The highest BCUT2D eigenvalue weighted by atomic mass is 35.5.